The van der Waals surface area contributed by atoms with Crippen LogP contribution in [0.15, 0.2) is 17.6 Å². The maximum Gasteiger partial charge on any atom is 0.274 e. The molecule has 0 aliphatic carbocycles. The summed E-state index contributed by atoms with van der Waals surface area (Å²) in [5.41, 5.74) is 1.61. The fourth-order valence-corrected chi connectivity index (χ4v) is 3.99. The third-order valence-corrected chi connectivity index (χ3v) is 5.94. The lowest BCUT2D eigenvalue weighted by molar-refractivity contribution is 0.0754. The molecule has 148 valence electrons. The molecule has 0 aromatic carbocycles. The van der Waals surface area contributed by atoms with Crippen LogP contribution in [-0.4, -0.2) is 63.8 Å². The Balaban J connectivity index is 1.56. The molecule has 0 saturated carbocycles. The maximum absolute atomic E-state index is 12.8. The van der Waals surface area contributed by atoms with Crippen molar-refractivity contribution in [1.82, 2.24) is 24.6 Å². The molecule has 2 aromatic rings. The van der Waals surface area contributed by atoms with E-state index in [0.29, 0.717) is 5.69 Å². The molecule has 0 spiro atoms. The van der Waals surface area contributed by atoms with Gasteiger partial charge in [0.2, 0.25) is 0 Å². The third-order valence-electron chi connectivity index (χ3n) is 4.89. The van der Waals surface area contributed by atoms with Crippen molar-refractivity contribution < 1.29 is 9.53 Å². The Bertz CT molecular complexity index is 757. The largest absolute Gasteiger partial charge is 0.375 e. The number of ether oxygens (including phenoxy) is 1. The molecule has 27 heavy (non-hydrogen) atoms. The fourth-order valence-electron chi connectivity index (χ4n) is 3.15. The van der Waals surface area contributed by atoms with Crippen molar-refractivity contribution in [2.45, 2.75) is 45.9 Å². The summed E-state index contributed by atoms with van der Waals surface area (Å²) in [5, 5.41) is 7.54. The summed E-state index contributed by atoms with van der Waals surface area (Å²) in [6.45, 7) is 10.3. The molecule has 0 radical (unpaired) electrons. The van der Waals surface area contributed by atoms with Gasteiger partial charge in [0.15, 0.2) is 0 Å². The van der Waals surface area contributed by atoms with Crippen LogP contribution in [0, 0.1) is 0 Å². The lowest BCUT2D eigenvalue weighted by Crippen LogP contribution is -2.35. The number of amides is 1. The molecule has 0 N–H and O–H groups in total. The molecule has 3 rings (SSSR count). The number of hydrogen-bond acceptors (Lipinski definition) is 6. The highest BCUT2D eigenvalue weighted by atomic mass is 32.1. The van der Waals surface area contributed by atoms with E-state index in [0.717, 1.165) is 49.8 Å². The van der Waals surface area contributed by atoms with Gasteiger partial charge < -0.3 is 9.64 Å². The summed E-state index contributed by atoms with van der Waals surface area (Å²) >= 11 is 1.65. The minimum Gasteiger partial charge on any atom is -0.375 e. The van der Waals surface area contributed by atoms with E-state index in [1.165, 1.54) is 0 Å². The highest BCUT2D eigenvalue weighted by Crippen LogP contribution is 2.21. The molecule has 1 saturated heterocycles. The van der Waals surface area contributed by atoms with Gasteiger partial charge in [-0.25, -0.2) is 4.98 Å². The molecule has 1 fully saturated rings. The molecule has 3 heterocycles. The van der Waals surface area contributed by atoms with E-state index >= 15 is 0 Å². The van der Waals surface area contributed by atoms with Crippen LogP contribution in [0.4, 0.5) is 0 Å². The number of thiazole rings is 1. The summed E-state index contributed by atoms with van der Waals surface area (Å²) in [4.78, 5) is 21.8. The lowest BCUT2D eigenvalue weighted by atomic mass is 10.3. The summed E-state index contributed by atoms with van der Waals surface area (Å²) in [6.07, 6.45) is 2.87. The second-order valence-electron chi connectivity index (χ2n) is 7.25. The van der Waals surface area contributed by atoms with Crippen molar-refractivity contribution in [2.24, 2.45) is 0 Å². The summed E-state index contributed by atoms with van der Waals surface area (Å²) < 4.78 is 7.17. The first-order valence-electron chi connectivity index (χ1n) is 9.51. The average molecular weight is 392 g/mol. The number of carbonyl (C=O) groups excluding carboxylic acids is 1. The van der Waals surface area contributed by atoms with E-state index in [2.05, 4.69) is 34.2 Å². The van der Waals surface area contributed by atoms with E-state index in [4.69, 9.17) is 4.74 Å². The van der Waals surface area contributed by atoms with Crippen LogP contribution in [0.1, 0.15) is 60.5 Å². The van der Waals surface area contributed by atoms with E-state index in [1.54, 1.807) is 18.4 Å². The molecule has 0 bridgehead atoms. The van der Waals surface area contributed by atoms with Gasteiger partial charge in [-0.05, 0) is 33.3 Å². The summed E-state index contributed by atoms with van der Waals surface area (Å²) in [6, 6.07) is 2.08. The highest BCUT2D eigenvalue weighted by molar-refractivity contribution is 7.09. The van der Waals surface area contributed by atoms with Crippen molar-refractivity contribution in [3.63, 3.8) is 0 Å². The molecular weight excluding hydrogens is 362 g/mol. The highest BCUT2D eigenvalue weighted by Gasteiger charge is 2.23. The number of aromatic nitrogens is 3. The predicted molar refractivity (Wildman–Crippen MR) is 106 cm³/mol. The van der Waals surface area contributed by atoms with Crippen LogP contribution in [0.25, 0.3) is 0 Å². The quantitative estimate of drug-likeness (QED) is 0.757. The summed E-state index contributed by atoms with van der Waals surface area (Å²) in [7, 11) is 1.70. The van der Waals surface area contributed by atoms with Gasteiger partial charge in [0.1, 0.15) is 16.8 Å². The van der Waals surface area contributed by atoms with Gasteiger partial charge in [-0.15, -0.1) is 11.3 Å². The van der Waals surface area contributed by atoms with Gasteiger partial charge in [0, 0.05) is 57.5 Å². The molecule has 1 unspecified atom stereocenters. The molecule has 1 aliphatic rings. The van der Waals surface area contributed by atoms with E-state index in [1.807, 2.05) is 28.8 Å². The zero-order valence-corrected chi connectivity index (χ0v) is 17.4. The van der Waals surface area contributed by atoms with E-state index < -0.39 is 0 Å². The van der Waals surface area contributed by atoms with Crippen molar-refractivity contribution in [1.29, 1.82) is 0 Å². The van der Waals surface area contributed by atoms with Crippen LogP contribution in [-0.2, 0) is 11.3 Å². The topological polar surface area (TPSA) is 63.5 Å². The first-order chi connectivity index (χ1) is 13.0. The average Bonchev–Trinajstić information content (AvgIpc) is 3.27. The first-order valence-corrected chi connectivity index (χ1v) is 10.4. The van der Waals surface area contributed by atoms with Gasteiger partial charge >= 0.3 is 0 Å². The first kappa shape index (κ1) is 20.0. The molecule has 1 atom stereocenters. The Kier molecular flexibility index (Phi) is 6.62. The van der Waals surface area contributed by atoms with E-state index in [-0.39, 0.29) is 18.1 Å². The van der Waals surface area contributed by atoms with Crippen LogP contribution >= 0.6 is 11.3 Å². The fraction of sp³-hybridized carbons (Fsp3) is 0.632. The summed E-state index contributed by atoms with van der Waals surface area (Å²) in [5.74, 6) is 0.0288. The third kappa shape index (κ3) is 4.94. The SMILES string of the molecule is COC(C)c1nc(CN2CCCN(C(=O)c3ccn(C(C)C)n3)CC2)cs1. The minimum atomic E-state index is 0.0288. The maximum atomic E-state index is 12.8. The molecule has 2 aromatic heterocycles. The molecule has 1 aliphatic heterocycles. The van der Waals surface area contributed by atoms with Crippen LogP contribution in [0.3, 0.4) is 0 Å². The van der Waals surface area contributed by atoms with Crippen LogP contribution < -0.4 is 0 Å². The van der Waals surface area contributed by atoms with Gasteiger partial charge in [0.25, 0.3) is 5.91 Å². The Morgan fingerprint density at radius 1 is 1.26 bits per heavy atom. The molecular formula is C19H29N5O2S. The second kappa shape index (κ2) is 8.95. The predicted octanol–water partition coefficient (Wildman–Crippen LogP) is 2.98. The van der Waals surface area contributed by atoms with E-state index in [9.17, 15) is 4.79 Å². The zero-order valence-electron chi connectivity index (χ0n) is 16.6. The molecule has 8 heteroatoms. The standard InChI is InChI=1S/C19H29N5O2S/c1-14(2)24-9-6-17(21-24)19(25)23-8-5-7-22(10-11-23)12-16-13-27-18(20-16)15(3)26-4/h6,9,13-15H,5,7-8,10-12H2,1-4H3. The van der Waals surface area contributed by atoms with Gasteiger partial charge in [-0.2, -0.15) is 5.10 Å². The van der Waals surface area contributed by atoms with Crippen molar-refractivity contribution in [2.75, 3.05) is 33.3 Å². The van der Waals surface area contributed by atoms with Crippen LogP contribution in [0.5, 0.6) is 0 Å². The van der Waals surface area contributed by atoms with Crippen LogP contribution in [0.2, 0.25) is 0 Å². The van der Waals surface area contributed by atoms with Crippen molar-refractivity contribution >= 4 is 17.2 Å². The monoisotopic (exact) mass is 391 g/mol. The lowest BCUT2D eigenvalue weighted by Gasteiger charge is -2.21. The molecule has 7 nitrogen and oxygen atoms in total. The minimum absolute atomic E-state index is 0.0288. The number of methoxy groups -OCH3 is 1. The number of carbonyl (C=O) groups is 1. The smallest absolute Gasteiger partial charge is 0.274 e. The Labute approximate surface area is 164 Å². The number of hydrogen-bond donors (Lipinski definition) is 0. The Morgan fingerprint density at radius 3 is 2.78 bits per heavy atom. The number of rotatable bonds is 6. The normalized spacial score (nSPS) is 17.3. The Hall–Kier alpha value is -1.77. The Morgan fingerprint density at radius 2 is 2.07 bits per heavy atom. The number of nitrogens with zero attached hydrogens (tertiary/aromatic N) is 5. The zero-order chi connectivity index (χ0) is 19.4. The van der Waals surface area contributed by atoms with Gasteiger partial charge in [0.05, 0.1) is 5.69 Å². The second-order valence-corrected chi connectivity index (χ2v) is 8.14. The molecule has 1 amide bonds. The van der Waals surface area contributed by atoms with Crippen molar-refractivity contribution in [3.05, 3.63) is 34.0 Å². The van der Waals surface area contributed by atoms with Crippen molar-refractivity contribution in [3.8, 4) is 0 Å². The van der Waals surface area contributed by atoms with Gasteiger partial charge in [-0.1, -0.05) is 0 Å². The van der Waals surface area contributed by atoms with Gasteiger partial charge in [-0.3, -0.25) is 14.4 Å².